The van der Waals surface area contributed by atoms with Crippen LogP contribution in [0.15, 0.2) is 0 Å². The van der Waals surface area contributed by atoms with Gasteiger partial charge in [0.25, 0.3) is 0 Å². The molecule has 2 aliphatic rings. The molecule has 0 unspecified atom stereocenters. The number of amides is 2. The summed E-state index contributed by atoms with van der Waals surface area (Å²) in [5.41, 5.74) is 0. The van der Waals surface area contributed by atoms with Crippen LogP contribution in [0.3, 0.4) is 0 Å². The number of hydrogen-bond acceptors (Lipinski definition) is 2. The molecule has 0 spiro atoms. The first-order valence-electron chi connectivity index (χ1n) is 7.97. The first-order chi connectivity index (χ1) is 9.25. The van der Waals surface area contributed by atoms with Gasteiger partial charge in [-0.25, -0.2) is 4.79 Å². The number of likely N-dealkylation sites (tertiary alicyclic amines) is 2. The summed E-state index contributed by atoms with van der Waals surface area (Å²) >= 11 is 0. The third kappa shape index (κ3) is 5.01. The van der Waals surface area contributed by atoms with E-state index in [-0.39, 0.29) is 6.03 Å². The second-order valence-electron chi connectivity index (χ2n) is 6.17. The fourth-order valence-corrected chi connectivity index (χ4v) is 3.12. The van der Waals surface area contributed by atoms with E-state index in [1.807, 2.05) is 4.90 Å². The van der Waals surface area contributed by atoms with Crippen molar-refractivity contribution in [2.45, 2.75) is 44.9 Å². The third-order valence-corrected chi connectivity index (χ3v) is 4.56. The number of rotatable bonds is 3. The van der Waals surface area contributed by atoms with Crippen molar-refractivity contribution in [2.75, 3.05) is 39.8 Å². The fourth-order valence-electron chi connectivity index (χ4n) is 3.12. The van der Waals surface area contributed by atoms with Crippen LogP contribution >= 0.6 is 0 Å². The summed E-state index contributed by atoms with van der Waals surface area (Å²) in [6, 6.07) is 0.162. The largest absolute Gasteiger partial charge is 0.338 e. The SMILES string of the molecule is CN1CCC(CCNC(=O)N2CCCCCC2)CC1. The molecule has 2 saturated heterocycles. The van der Waals surface area contributed by atoms with Gasteiger partial charge in [-0.15, -0.1) is 0 Å². The van der Waals surface area contributed by atoms with Crippen LogP contribution in [0.1, 0.15) is 44.9 Å². The highest BCUT2D eigenvalue weighted by Crippen LogP contribution is 2.18. The van der Waals surface area contributed by atoms with Gasteiger partial charge in [-0.1, -0.05) is 12.8 Å². The molecule has 0 aliphatic carbocycles. The zero-order valence-corrected chi connectivity index (χ0v) is 12.4. The van der Waals surface area contributed by atoms with E-state index in [1.54, 1.807) is 0 Å². The lowest BCUT2D eigenvalue weighted by molar-refractivity contribution is 0.193. The first-order valence-corrected chi connectivity index (χ1v) is 7.97. The maximum atomic E-state index is 12.1. The topological polar surface area (TPSA) is 35.6 Å². The van der Waals surface area contributed by atoms with E-state index in [4.69, 9.17) is 0 Å². The smallest absolute Gasteiger partial charge is 0.317 e. The lowest BCUT2D eigenvalue weighted by atomic mass is 9.94. The standard InChI is InChI=1S/C15H29N3O/c1-17-12-7-14(8-13-17)6-9-16-15(19)18-10-4-2-3-5-11-18/h14H,2-13H2,1H3,(H,16,19). The molecule has 0 atom stereocenters. The van der Waals surface area contributed by atoms with Crippen molar-refractivity contribution in [3.8, 4) is 0 Å². The summed E-state index contributed by atoms with van der Waals surface area (Å²) in [5, 5.41) is 3.11. The van der Waals surface area contributed by atoms with Crippen LogP contribution in [0.2, 0.25) is 0 Å². The number of hydrogen-bond donors (Lipinski definition) is 1. The van der Waals surface area contributed by atoms with E-state index in [2.05, 4.69) is 17.3 Å². The Morgan fingerprint density at radius 3 is 2.32 bits per heavy atom. The maximum Gasteiger partial charge on any atom is 0.317 e. The molecule has 4 heteroatoms. The van der Waals surface area contributed by atoms with Crippen LogP contribution in [0, 0.1) is 5.92 Å². The van der Waals surface area contributed by atoms with E-state index >= 15 is 0 Å². The van der Waals surface area contributed by atoms with Crippen LogP contribution in [0.5, 0.6) is 0 Å². The van der Waals surface area contributed by atoms with Gasteiger partial charge in [0, 0.05) is 19.6 Å². The number of nitrogens with zero attached hydrogens (tertiary/aromatic N) is 2. The second kappa shape index (κ2) is 7.73. The van der Waals surface area contributed by atoms with Crippen molar-refractivity contribution in [3.63, 3.8) is 0 Å². The maximum absolute atomic E-state index is 12.1. The van der Waals surface area contributed by atoms with Gasteiger partial charge in [0.15, 0.2) is 0 Å². The minimum Gasteiger partial charge on any atom is -0.338 e. The Balaban J connectivity index is 1.60. The average Bonchev–Trinajstić information content (AvgIpc) is 2.70. The van der Waals surface area contributed by atoms with Gasteiger partial charge in [-0.05, 0) is 58.2 Å². The minimum atomic E-state index is 0.162. The number of carbonyl (C=O) groups excluding carboxylic acids is 1. The van der Waals surface area contributed by atoms with Crippen molar-refractivity contribution in [1.82, 2.24) is 15.1 Å². The van der Waals surface area contributed by atoms with Gasteiger partial charge in [0.05, 0.1) is 0 Å². The van der Waals surface area contributed by atoms with Gasteiger partial charge < -0.3 is 15.1 Å². The third-order valence-electron chi connectivity index (χ3n) is 4.56. The Kier molecular flexibility index (Phi) is 5.95. The molecule has 2 amide bonds. The number of piperidine rings is 1. The van der Waals surface area contributed by atoms with Crippen molar-refractivity contribution >= 4 is 6.03 Å². The molecule has 0 aromatic heterocycles. The van der Waals surface area contributed by atoms with Crippen LogP contribution < -0.4 is 5.32 Å². The highest BCUT2D eigenvalue weighted by Gasteiger charge is 2.18. The molecule has 0 radical (unpaired) electrons. The Bertz CT molecular complexity index is 267. The summed E-state index contributed by atoms with van der Waals surface area (Å²) in [5.74, 6) is 0.806. The Hall–Kier alpha value is -0.770. The number of carbonyl (C=O) groups is 1. The van der Waals surface area contributed by atoms with Crippen molar-refractivity contribution < 1.29 is 4.79 Å². The summed E-state index contributed by atoms with van der Waals surface area (Å²) < 4.78 is 0. The van der Waals surface area contributed by atoms with Gasteiger partial charge in [0.1, 0.15) is 0 Å². The molecule has 4 nitrogen and oxygen atoms in total. The lowest BCUT2D eigenvalue weighted by Crippen LogP contribution is -2.41. The minimum absolute atomic E-state index is 0.162. The molecule has 0 bridgehead atoms. The van der Waals surface area contributed by atoms with E-state index in [1.165, 1.54) is 51.6 Å². The molecule has 0 aromatic rings. The first kappa shape index (κ1) is 14.6. The fraction of sp³-hybridized carbons (Fsp3) is 0.933. The lowest BCUT2D eigenvalue weighted by Gasteiger charge is -2.29. The molecular formula is C15H29N3O. The highest BCUT2D eigenvalue weighted by atomic mass is 16.2. The van der Waals surface area contributed by atoms with Crippen molar-refractivity contribution in [2.24, 2.45) is 5.92 Å². The molecular weight excluding hydrogens is 238 g/mol. The zero-order chi connectivity index (χ0) is 13.5. The van der Waals surface area contributed by atoms with E-state index in [0.717, 1.165) is 32.0 Å². The van der Waals surface area contributed by atoms with Gasteiger partial charge in [0.2, 0.25) is 0 Å². The summed E-state index contributed by atoms with van der Waals surface area (Å²) in [7, 11) is 2.19. The molecule has 2 aliphatic heterocycles. The van der Waals surface area contributed by atoms with Gasteiger partial charge >= 0.3 is 6.03 Å². The van der Waals surface area contributed by atoms with Crippen LogP contribution in [-0.2, 0) is 0 Å². The van der Waals surface area contributed by atoms with Gasteiger partial charge in [-0.3, -0.25) is 0 Å². The predicted octanol–water partition coefficient (Wildman–Crippen LogP) is 2.30. The highest BCUT2D eigenvalue weighted by molar-refractivity contribution is 5.74. The zero-order valence-electron chi connectivity index (χ0n) is 12.4. The predicted molar refractivity (Wildman–Crippen MR) is 78.3 cm³/mol. The molecule has 0 aromatic carbocycles. The normalized spacial score (nSPS) is 23.1. The van der Waals surface area contributed by atoms with Crippen LogP contribution in [-0.4, -0.2) is 55.6 Å². The molecule has 0 saturated carbocycles. The van der Waals surface area contributed by atoms with E-state index in [0.29, 0.717) is 0 Å². The Morgan fingerprint density at radius 2 is 1.68 bits per heavy atom. The van der Waals surface area contributed by atoms with Crippen LogP contribution in [0.25, 0.3) is 0 Å². The molecule has 2 heterocycles. The van der Waals surface area contributed by atoms with E-state index in [9.17, 15) is 4.79 Å². The Morgan fingerprint density at radius 1 is 1.05 bits per heavy atom. The molecule has 2 rings (SSSR count). The molecule has 110 valence electrons. The monoisotopic (exact) mass is 267 g/mol. The number of nitrogens with one attached hydrogen (secondary N) is 1. The molecule has 1 N–H and O–H groups in total. The Labute approximate surface area is 117 Å². The molecule has 2 fully saturated rings. The molecule has 19 heavy (non-hydrogen) atoms. The van der Waals surface area contributed by atoms with Crippen molar-refractivity contribution in [3.05, 3.63) is 0 Å². The average molecular weight is 267 g/mol. The summed E-state index contributed by atoms with van der Waals surface area (Å²) in [6.07, 6.45) is 8.61. The quantitative estimate of drug-likeness (QED) is 0.851. The van der Waals surface area contributed by atoms with Gasteiger partial charge in [-0.2, -0.15) is 0 Å². The second-order valence-corrected chi connectivity index (χ2v) is 6.17. The summed E-state index contributed by atoms with van der Waals surface area (Å²) in [4.78, 5) is 16.4. The van der Waals surface area contributed by atoms with E-state index < -0.39 is 0 Å². The van der Waals surface area contributed by atoms with Crippen LogP contribution in [0.4, 0.5) is 4.79 Å². The van der Waals surface area contributed by atoms with Crippen molar-refractivity contribution in [1.29, 1.82) is 0 Å². The summed E-state index contributed by atoms with van der Waals surface area (Å²) in [6.45, 7) is 5.17. The number of urea groups is 1.